The number of halogens is 6. The van der Waals surface area contributed by atoms with Crippen LogP contribution in [0.1, 0.15) is 11.1 Å². The lowest BCUT2D eigenvalue weighted by molar-refractivity contribution is 0.424. The monoisotopic (exact) mass is 614 g/mol. The Morgan fingerprint density at radius 3 is 1.11 bits per heavy atom. The van der Waals surface area contributed by atoms with Crippen molar-refractivity contribution in [3.05, 3.63) is 108 Å². The van der Waals surface area contributed by atoms with E-state index in [1.54, 1.807) is 97.1 Å². The SMILES string of the molecule is Nc1ccc(Oc2ccccc2C(c2ccccc2Oc2ccc(N)cc2)(C(Cl)(Cl)Cl)C(Cl)(Cl)Cl)cc1. The molecule has 0 amide bonds. The van der Waals surface area contributed by atoms with Gasteiger partial charge in [0.1, 0.15) is 28.4 Å². The van der Waals surface area contributed by atoms with Crippen molar-refractivity contribution in [1.29, 1.82) is 0 Å². The number of anilines is 2. The van der Waals surface area contributed by atoms with Crippen LogP contribution in [-0.4, -0.2) is 7.59 Å². The molecule has 192 valence electrons. The largest absolute Gasteiger partial charge is 0.457 e. The smallest absolute Gasteiger partial charge is 0.208 e. The molecule has 0 fully saturated rings. The molecule has 4 aromatic carbocycles. The molecule has 0 unspecified atom stereocenters. The molecule has 0 bridgehead atoms. The fraction of sp³-hybridized carbons (Fsp3) is 0.111. The van der Waals surface area contributed by atoms with Gasteiger partial charge in [-0.25, -0.2) is 0 Å². The number of nitrogen functional groups attached to an aromatic ring is 2. The van der Waals surface area contributed by atoms with Gasteiger partial charge in [0, 0.05) is 22.5 Å². The van der Waals surface area contributed by atoms with Crippen molar-refractivity contribution in [2.75, 3.05) is 11.5 Å². The molecule has 0 saturated carbocycles. The number of benzene rings is 4. The summed E-state index contributed by atoms with van der Waals surface area (Å²) < 4.78 is 7.97. The van der Waals surface area contributed by atoms with E-state index in [0.717, 1.165) is 0 Å². The molecule has 4 nitrogen and oxygen atoms in total. The molecule has 10 heteroatoms. The van der Waals surface area contributed by atoms with Gasteiger partial charge in [-0.3, -0.25) is 0 Å². The molecular formula is C27H20Cl6N2O2. The van der Waals surface area contributed by atoms with Crippen molar-refractivity contribution in [3.8, 4) is 23.0 Å². The Morgan fingerprint density at radius 2 is 0.784 bits per heavy atom. The summed E-state index contributed by atoms with van der Waals surface area (Å²) in [7, 11) is 0. The van der Waals surface area contributed by atoms with E-state index in [0.29, 0.717) is 45.5 Å². The Labute approximate surface area is 244 Å². The van der Waals surface area contributed by atoms with Crippen LogP contribution < -0.4 is 20.9 Å². The lowest BCUT2D eigenvalue weighted by Crippen LogP contribution is -2.52. The van der Waals surface area contributed by atoms with E-state index in [1.165, 1.54) is 0 Å². The molecule has 0 aliphatic heterocycles. The first-order chi connectivity index (χ1) is 17.4. The van der Waals surface area contributed by atoms with E-state index >= 15 is 0 Å². The maximum absolute atomic E-state index is 6.73. The van der Waals surface area contributed by atoms with Crippen LogP contribution >= 0.6 is 69.6 Å². The third kappa shape index (κ3) is 5.65. The number of ether oxygens (including phenoxy) is 2. The summed E-state index contributed by atoms with van der Waals surface area (Å²) in [6.07, 6.45) is 0. The van der Waals surface area contributed by atoms with Crippen LogP contribution in [0.15, 0.2) is 97.1 Å². The Hall–Kier alpha value is -2.18. The normalized spacial score (nSPS) is 12.3. The van der Waals surface area contributed by atoms with Crippen LogP contribution in [0.5, 0.6) is 23.0 Å². The quantitative estimate of drug-likeness (QED) is 0.167. The molecule has 0 saturated heterocycles. The Bertz CT molecular complexity index is 1260. The van der Waals surface area contributed by atoms with Gasteiger partial charge in [0.15, 0.2) is 0 Å². The number of alkyl halides is 6. The fourth-order valence-corrected chi connectivity index (χ4v) is 6.48. The van der Waals surface area contributed by atoms with Crippen molar-refractivity contribution in [1.82, 2.24) is 0 Å². The van der Waals surface area contributed by atoms with E-state index in [2.05, 4.69) is 0 Å². The minimum atomic E-state index is -2.21. The first kappa shape index (κ1) is 27.8. The zero-order chi connectivity index (χ0) is 26.8. The topological polar surface area (TPSA) is 70.5 Å². The van der Waals surface area contributed by atoms with Crippen molar-refractivity contribution < 1.29 is 9.47 Å². The molecule has 4 N–H and O–H groups in total. The second-order valence-electron chi connectivity index (χ2n) is 8.08. The zero-order valence-corrected chi connectivity index (χ0v) is 23.5. The highest BCUT2D eigenvalue weighted by Gasteiger charge is 2.65. The Morgan fingerprint density at radius 1 is 0.459 bits per heavy atom. The lowest BCUT2D eigenvalue weighted by Gasteiger charge is -2.46. The van der Waals surface area contributed by atoms with Gasteiger partial charge in [0.2, 0.25) is 7.59 Å². The number of para-hydroxylation sites is 2. The van der Waals surface area contributed by atoms with Gasteiger partial charge in [-0.15, -0.1) is 0 Å². The zero-order valence-electron chi connectivity index (χ0n) is 19.0. The number of hydrogen-bond acceptors (Lipinski definition) is 4. The first-order valence-corrected chi connectivity index (χ1v) is 13.1. The van der Waals surface area contributed by atoms with E-state index in [-0.39, 0.29) is 0 Å². The van der Waals surface area contributed by atoms with E-state index in [9.17, 15) is 0 Å². The van der Waals surface area contributed by atoms with E-state index in [1.807, 2.05) is 0 Å². The summed E-state index contributed by atoms with van der Waals surface area (Å²) in [6, 6.07) is 27.3. The van der Waals surface area contributed by atoms with Crippen LogP contribution in [0, 0.1) is 0 Å². The van der Waals surface area contributed by atoms with Gasteiger partial charge in [0.25, 0.3) is 0 Å². The van der Waals surface area contributed by atoms with Gasteiger partial charge in [-0.1, -0.05) is 106 Å². The van der Waals surface area contributed by atoms with Gasteiger partial charge < -0.3 is 20.9 Å². The van der Waals surface area contributed by atoms with Gasteiger partial charge in [-0.05, 0) is 60.7 Å². The maximum Gasteiger partial charge on any atom is 0.208 e. The third-order valence-electron chi connectivity index (χ3n) is 5.65. The first-order valence-electron chi connectivity index (χ1n) is 10.8. The highest BCUT2D eigenvalue weighted by Crippen LogP contribution is 2.65. The molecule has 0 aromatic heterocycles. The summed E-state index contributed by atoms with van der Waals surface area (Å²) in [5, 5.41) is 0. The van der Waals surface area contributed by atoms with Crippen LogP contribution in [-0.2, 0) is 5.41 Å². The number of nitrogens with two attached hydrogens (primary N) is 2. The predicted molar refractivity (Wildman–Crippen MR) is 156 cm³/mol. The Kier molecular flexibility index (Phi) is 8.20. The average molecular weight is 617 g/mol. The number of hydrogen-bond donors (Lipinski definition) is 2. The van der Waals surface area contributed by atoms with Crippen molar-refractivity contribution in [2.45, 2.75) is 13.0 Å². The lowest BCUT2D eigenvalue weighted by atomic mass is 9.75. The molecule has 4 rings (SSSR count). The summed E-state index contributed by atoms with van der Waals surface area (Å²) in [5.41, 5.74) is 11.5. The predicted octanol–water partition coefficient (Wildman–Crippen LogP) is 9.46. The molecule has 0 aliphatic rings. The molecule has 4 aromatic rings. The van der Waals surface area contributed by atoms with Gasteiger partial charge >= 0.3 is 0 Å². The van der Waals surface area contributed by atoms with Gasteiger partial charge in [0.05, 0.1) is 0 Å². The number of rotatable bonds is 6. The minimum absolute atomic E-state index is 0.298. The second-order valence-corrected chi connectivity index (χ2v) is 12.6. The minimum Gasteiger partial charge on any atom is -0.457 e. The molecular weight excluding hydrogens is 597 g/mol. The van der Waals surface area contributed by atoms with Crippen LogP contribution in [0.25, 0.3) is 0 Å². The summed E-state index contributed by atoms with van der Waals surface area (Å²) in [4.78, 5) is 0. The second kappa shape index (κ2) is 10.9. The fourth-order valence-electron chi connectivity index (χ4n) is 3.97. The van der Waals surface area contributed by atoms with Crippen molar-refractivity contribution in [2.24, 2.45) is 0 Å². The molecule has 0 atom stereocenters. The maximum atomic E-state index is 6.73. The van der Waals surface area contributed by atoms with Crippen LogP contribution in [0.2, 0.25) is 0 Å². The summed E-state index contributed by atoms with van der Waals surface area (Å²) >= 11 is 40.4. The highest BCUT2D eigenvalue weighted by atomic mass is 35.6. The molecule has 0 spiro atoms. The molecule has 0 radical (unpaired) electrons. The van der Waals surface area contributed by atoms with Crippen molar-refractivity contribution >= 4 is 81.0 Å². The molecule has 37 heavy (non-hydrogen) atoms. The summed E-state index contributed by atoms with van der Waals surface area (Å²) in [5.74, 6) is 1.56. The molecule has 0 aliphatic carbocycles. The van der Waals surface area contributed by atoms with E-state index < -0.39 is 13.0 Å². The van der Waals surface area contributed by atoms with Gasteiger partial charge in [-0.2, -0.15) is 0 Å². The third-order valence-corrected chi connectivity index (χ3v) is 7.35. The average Bonchev–Trinajstić information content (AvgIpc) is 2.83. The van der Waals surface area contributed by atoms with Crippen LogP contribution in [0.4, 0.5) is 11.4 Å². The summed E-state index contributed by atoms with van der Waals surface area (Å²) in [6.45, 7) is 0. The van der Waals surface area contributed by atoms with E-state index in [4.69, 9.17) is 90.5 Å². The standard InChI is InChI=1S/C27H20Cl6N2O2/c28-26(29,30)25(27(31,32)33,21-5-1-3-7-23(21)36-19-13-9-17(34)10-14-19)22-6-2-4-8-24(22)37-20-15-11-18(35)12-16-20/h1-16H,34-35H2. The highest BCUT2D eigenvalue weighted by molar-refractivity contribution is 6.74. The Balaban J connectivity index is 1.97. The molecule has 0 heterocycles. The van der Waals surface area contributed by atoms with Crippen LogP contribution in [0.3, 0.4) is 0 Å². The van der Waals surface area contributed by atoms with Crippen molar-refractivity contribution in [3.63, 3.8) is 0 Å².